The Kier molecular flexibility index (Phi) is 5.32. The third-order valence-corrected chi connectivity index (χ3v) is 3.23. The van der Waals surface area contributed by atoms with Gasteiger partial charge in [-0.2, -0.15) is 4.37 Å². The van der Waals surface area contributed by atoms with E-state index in [2.05, 4.69) is 35.0 Å². The number of hydrogen-bond acceptors (Lipinski definition) is 4. The largest absolute Gasteiger partial charge is 0.344 e. The molecule has 0 aliphatic heterocycles. The Labute approximate surface area is 101 Å². The zero-order chi connectivity index (χ0) is 11.3. The standard InChI is InChI=1S/C10H18ClN3S/c1-4-9-12-10(15-13-9)14(8(2)3)7-5-6-11/h8H,4-7H2,1-3H3. The van der Waals surface area contributed by atoms with Gasteiger partial charge < -0.3 is 4.90 Å². The maximum Gasteiger partial charge on any atom is 0.205 e. The first kappa shape index (κ1) is 12.7. The molecule has 0 spiro atoms. The Morgan fingerprint density at radius 3 is 2.67 bits per heavy atom. The van der Waals surface area contributed by atoms with Gasteiger partial charge in [0, 0.05) is 36.4 Å². The van der Waals surface area contributed by atoms with Gasteiger partial charge in [-0.25, -0.2) is 4.98 Å². The van der Waals surface area contributed by atoms with Crippen LogP contribution in [0.3, 0.4) is 0 Å². The van der Waals surface area contributed by atoms with E-state index in [-0.39, 0.29) is 0 Å². The molecule has 86 valence electrons. The summed E-state index contributed by atoms with van der Waals surface area (Å²) in [5, 5.41) is 1.02. The van der Waals surface area contributed by atoms with Gasteiger partial charge in [0.15, 0.2) is 0 Å². The SMILES string of the molecule is CCc1nsc(N(CCCCl)C(C)C)n1. The van der Waals surface area contributed by atoms with Crippen molar-refractivity contribution in [3.63, 3.8) is 0 Å². The van der Waals surface area contributed by atoms with Crippen molar-refractivity contribution in [2.45, 2.75) is 39.7 Å². The van der Waals surface area contributed by atoms with Gasteiger partial charge >= 0.3 is 0 Å². The summed E-state index contributed by atoms with van der Waals surface area (Å²) in [7, 11) is 0. The molecule has 0 saturated heterocycles. The number of alkyl halides is 1. The van der Waals surface area contributed by atoms with E-state index < -0.39 is 0 Å². The normalized spacial score (nSPS) is 11.0. The number of rotatable bonds is 6. The first-order valence-corrected chi connectivity index (χ1v) is 6.65. The van der Waals surface area contributed by atoms with Gasteiger partial charge in [-0.05, 0) is 20.3 Å². The van der Waals surface area contributed by atoms with Crippen LogP contribution < -0.4 is 4.90 Å². The molecule has 1 heterocycles. The van der Waals surface area contributed by atoms with E-state index in [4.69, 9.17) is 11.6 Å². The predicted molar refractivity (Wildman–Crippen MR) is 67.1 cm³/mol. The molecule has 0 saturated carbocycles. The summed E-state index contributed by atoms with van der Waals surface area (Å²) in [5.41, 5.74) is 0. The van der Waals surface area contributed by atoms with Crippen LogP contribution in [0.25, 0.3) is 0 Å². The molecule has 0 atom stereocenters. The second kappa shape index (κ2) is 6.28. The number of aromatic nitrogens is 2. The highest BCUT2D eigenvalue weighted by atomic mass is 35.5. The molecule has 15 heavy (non-hydrogen) atoms. The average Bonchev–Trinajstić information content (AvgIpc) is 2.66. The monoisotopic (exact) mass is 247 g/mol. The topological polar surface area (TPSA) is 29.0 Å². The fourth-order valence-electron chi connectivity index (χ4n) is 1.31. The molecule has 0 amide bonds. The number of aryl methyl sites for hydroxylation is 1. The summed E-state index contributed by atoms with van der Waals surface area (Å²) < 4.78 is 4.30. The van der Waals surface area contributed by atoms with Crippen LogP contribution in [0.4, 0.5) is 5.13 Å². The summed E-state index contributed by atoms with van der Waals surface area (Å²) in [6.07, 6.45) is 1.89. The lowest BCUT2D eigenvalue weighted by Gasteiger charge is -2.25. The molecule has 1 aromatic rings. The molecule has 0 fully saturated rings. The highest BCUT2D eigenvalue weighted by Crippen LogP contribution is 2.20. The minimum atomic E-state index is 0.450. The van der Waals surface area contributed by atoms with Gasteiger partial charge in [-0.1, -0.05) is 6.92 Å². The van der Waals surface area contributed by atoms with E-state index in [9.17, 15) is 0 Å². The van der Waals surface area contributed by atoms with Gasteiger partial charge in [-0.3, -0.25) is 0 Å². The average molecular weight is 248 g/mol. The molecule has 3 nitrogen and oxygen atoms in total. The molecular weight excluding hydrogens is 230 g/mol. The predicted octanol–water partition coefficient (Wildman–Crippen LogP) is 2.94. The van der Waals surface area contributed by atoms with Crippen molar-refractivity contribution in [2.24, 2.45) is 0 Å². The zero-order valence-corrected chi connectivity index (χ0v) is 11.1. The summed E-state index contributed by atoms with van der Waals surface area (Å²) >= 11 is 7.19. The molecule has 0 bridgehead atoms. The van der Waals surface area contributed by atoms with E-state index in [1.54, 1.807) is 0 Å². The van der Waals surface area contributed by atoms with Crippen molar-refractivity contribution in [3.8, 4) is 0 Å². The van der Waals surface area contributed by atoms with Crippen LogP contribution >= 0.6 is 23.1 Å². The van der Waals surface area contributed by atoms with Crippen molar-refractivity contribution in [2.75, 3.05) is 17.3 Å². The molecule has 1 aromatic heterocycles. The Balaban J connectivity index is 2.70. The van der Waals surface area contributed by atoms with Gasteiger partial charge in [-0.15, -0.1) is 11.6 Å². The van der Waals surface area contributed by atoms with Crippen LogP contribution in [0.5, 0.6) is 0 Å². The van der Waals surface area contributed by atoms with E-state index in [0.29, 0.717) is 11.9 Å². The van der Waals surface area contributed by atoms with Crippen LogP contribution in [0, 0.1) is 0 Å². The molecule has 0 aliphatic carbocycles. The molecule has 5 heteroatoms. The summed E-state index contributed by atoms with van der Waals surface area (Å²) in [6.45, 7) is 7.37. The lowest BCUT2D eigenvalue weighted by molar-refractivity contribution is 0.669. The minimum absolute atomic E-state index is 0.450. The van der Waals surface area contributed by atoms with Crippen molar-refractivity contribution >= 4 is 28.3 Å². The van der Waals surface area contributed by atoms with Crippen molar-refractivity contribution in [1.29, 1.82) is 0 Å². The van der Waals surface area contributed by atoms with Gasteiger partial charge in [0.05, 0.1) is 0 Å². The van der Waals surface area contributed by atoms with Crippen LogP contribution in [-0.2, 0) is 6.42 Å². The van der Waals surface area contributed by atoms with Crippen molar-refractivity contribution in [1.82, 2.24) is 9.36 Å². The minimum Gasteiger partial charge on any atom is -0.344 e. The summed E-state index contributed by atoms with van der Waals surface area (Å²) in [5.74, 6) is 1.63. The maximum absolute atomic E-state index is 5.71. The highest BCUT2D eigenvalue weighted by molar-refractivity contribution is 7.09. The van der Waals surface area contributed by atoms with Crippen LogP contribution in [0.1, 0.15) is 33.0 Å². The van der Waals surface area contributed by atoms with Crippen LogP contribution in [0.2, 0.25) is 0 Å². The number of halogens is 1. The first-order valence-electron chi connectivity index (χ1n) is 5.34. The molecule has 0 N–H and O–H groups in total. The smallest absolute Gasteiger partial charge is 0.205 e. The highest BCUT2D eigenvalue weighted by Gasteiger charge is 2.14. The Morgan fingerprint density at radius 2 is 2.20 bits per heavy atom. The molecule has 1 rings (SSSR count). The fraction of sp³-hybridized carbons (Fsp3) is 0.800. The van der Waals surface area contributed by atoms with E-state index >= 15 is 0 Å². The molecule has 0 unspecified atom stereocenters. The second-order valence-corrected chi connectivity index (χ2v) is 4.78. The van der Waals surface area contributed by atoms with Crippen LogP contribution in [-0.4, -0.2) is 27.8 Å². The van der Waals surface area contributed by atoms with Gasteiger partial charge in [0.2, 0.25) is 5.13 Å². The van der Waals surface area contributed by atoms with Crippen molar-refractivity contribution in [3.05, 3.63) is 5.82 Å². The van der Waals surface area contributed by atoms with Crippen LogP contribution in [0.15, 0.2) is 0 Å². The zero-order valence-electron chi connectivity index (χ0n) is 9.53. The fourth-order valence-corrected chi connectivity index (χ4v) is 2.34. The summed E-state index contributed by atoms with van der Waals surface area (Å²) in [4.78, 5) is 6.76. The number of nitrogens with zero attached hydrogens (tertiary/aromatic N) is 3. The van der Waals surface area contributed by atoms with Gasteiger partial charge in [0.1, 0.15) is 5.82 Å². The quantitative estimate of drug-likeness (QED) is 0.724. The van der Waals surface area contributed by atoms with E-state index in [1.807, 2.05) is 0 Å². The molecule has 0 radical (unpaired) electrons. The lowest BCUT2D eigenvalue weighted by Crippen LogP contribution is -2.31. The molecule has 0 aromatic carbocycles. The Bertz CT molecular complexity index is 288. The number of hydrogen-bond donors (Lipinski definition) is 0. The number of anilines is 1. The molecule has 0 aliphatic rings. The third-order valence-electron chi connectivity index (χ3n) is 2.18. The van der Waals surface area contributed by atoms with E-state index in [0.717, 1.165) is 30.3 Å². The Morgan fingerprint density at radius 1 is 1.47 bits per heavy atom. The van der Waals surface area contributed by atoms with E-state index in [1.165, 1.54) is 11.5 Å². The Hall–Kier alpha value is -0.350. The molecular formula is C10H18ClN3S. The van der Waals surface area contributed by atoms with Gasteiger partial charge in [0.25, 0.3) is 0 Å². The lowest BCUT2D eigenvalue weighted by atomic mass is 10.3. The maximum atomic E-state index is 5.71. The summed E-state index contributed by atoms with van der Waals surface area (Å²) in [6, 6.07) is 0.450. The second-order valence-electron chi connectivity index (χ2n) is 3.68. The van der Waals surface area contributed by atoms with Crippen molar-refractivity contribution < 1.29 is 0 Å². The third kappa shape index (κ3) is 3.61. The first-order chi connectivity index (χ1) is 7.19.